The topological polar surface area (TPSA) is 38.3 Å². The van der Waals surface area contributed by atoms with Crippen molar-refractivity contribution in [1.82, 2.24) is 0 Å². The third-order valence-corrected chi connectivity index (χ3v) is 5.27. The van der Waals surface area contributed by atoms with Crippen molar-refractivity contribution in [2.24, 2.45) is 0 Å². The van der Waals surface area contributed by atoms with Crippen LogP contribution in [0.25, 0.3) is 0 Å². The lowest BCUT2D eigenvalue weighted by atomic mass is 9.91. The second-order valence-electron chi connectivity index (χ2n) is 7.01. The van der Waals surface area contributed by atoms with E-state index in [0.29, 0.717) is 0 Å². The molecule has 3 rings (SSSR count). The standard InChI is InChI=1S/C23H29NO2/c1-4-17-11-8-12-18(5-2)22(17)24-23(25)16(3)26-21-15-9-13-19-10-6-7-14-20(19)21/h8-9,11-13,15-16H,4-7,10,14H2,1-3H3,(H,24,25). The fourth-order valence-electron chi connectivity index (χ4n) is 3.73. The monoisotopic (exact) mass is 351 g/mol. The number of carbonyl (C=O) groups is 1. The number of fused-ring (bicyclic) bond motifs is 1. The van der Waals surface area contributed by atoms with Crippen molar-refractivity contribution in [1.29, 1.82) is 0 Å². The molecule has 3 heteroatoms. The van der Waals surface area contributed by atoms with Crippen LogP contribution in [0.5, 0.6) is 5.75 Å². The molecule has 0 aromatic heterocycles. The first kappa shape index (κ1) is 18.5. The highest BCUT2D eigenvalue weighted by atomic mass is 16.5. The summed E-state index contributed by atoms with van der Waals surface area (Å²) in [6.45, 7) is 6.05. The summed E-state index contributed by atoms with van der Waals surface area (Å²) in [6, 6.07) is 12.4. The fourth-order valence-corrected chi connectivity index (χ4v) is 3.73. The van der Waals surface area contributed by atoms with Gasteiger partial charge in [-0.3, -0.25) is 4.79 Å². The number of amides is 1. The molecule has 138 valence electrons. The maximum absolute atomic E-state index is 12.8. The molecule has 1 N–H and O–H groups in total. The maximum Gasteiger partial charge on any atom is 0.265 e. The summed E-state index contributed by atoms with van der Waals surface area (Å²) < 4.78 is 6.08. The zero-order valence-corrected chi connectivity index (χ0v) is 16.1. The predicted molar refractivity (Wildman–Crippen MR) is 107 cm³/mol. The van der Waals surface area contributed by atoms with Crippen molar-refractivity contribution < 1.29 is 9.53 Å². The minimum absolute atomic E-state index is 0.0889. The van der Waals surface area contributed by atoms with Crippen LogP contribution in [0.3, 0.4) is 0 Å². The number of hydrogen-bond donors (Lipinski definition) is 1. The predicted octanol–water partition coefficient (Wildman–Crippen LogP) is 5.10. The number of ether oxygens (including phenoxy) is 1. The van der Waals surface area contributed by atoms with Gasteiger partial charge in [0.05, 0.1) is 0 Å². The lowest BCUT2D eigenvalue weighted by molar-refractivity contribution is -0.122. The Morgan fingerprint density at radius 3 is 2.38 bits per heavy atom. The molecule has 0 spiro atoms. The third kappa shape index (κ3) is 3.92. The molecule has 2 aromatic rings. The zero-order chi connectivity index (χ0) is 18.5. The van der Waals surface area contributed by atoms with Crippen LogP contribution >= 0.6 is 0 Å². The second-order valence-corrected chi connectivity index (χ2v) is 7.01. The van der Waals surface area contributed by atoms with Crippen molar-refractivity contribution in [2.45, 2.75) is 65.4 Å². The van der Waals surface area contributed by atoms with Crippen molar-refractivity contribution in [3.63, 3.8) is 0 Å². The van der Waals surface area contributed by atoms with Crippen LogP contribution in [0.15, 0.2) is 36.4 Å². The molecule has 0 saturated carbocycles. The van der Waals surface area contributed by atoms with E-state index in [9.17, 15) is 4.79 Å². The van der Waals surface area contributed by atoms with E-state index >= 15 is 0 Å². The Hall–Kier alpha value is -2.29. The Balaban J connectivity index is 1.76. The zero-order valence-electron chi connectivity index (χ0n) is 16.1. The Morgan fingerprint density at radius 1 is 1.04 bits per heavy atom. The summed E-state index contributed by atoms with van der Waals surface area (Å²) in [7, 11) is 0. The number of aryl methyl sites for hydroxylation is 3. The van der Waals surface area contributed by atoms with E-state index in [4.69, 9.17) is 4.74 Å². The Labute approximate surface area is 156 Å². The number of para-hydroxylation sites is 1. The van der Waals surface area contributed by atoms with Crippen LogP contribution in [0.2, 0.25) is 0 Å². The van der Waals surface area contributed by atoms with Gasteiger partial charge < -0.3 is 10.1 Å². The fraction of sp³-hybridized carbons (Fsp3) is 0.435. The summed E-state index contributed by atoms with van der Waals surface area (Å²) >= 11 is 0. The number of carbonyl (C=O) groups excluding carboxylic acids is 1. The summed E-state index contributed by atoms with van der Waals surface area (Å²) in [4.78, 5) is 12.8. The highest BCUT2D eigenvalue weighted by Gasteiger charge is 2.20. The average Bonchev–Trinajstić information content (AvgIpc) is 2.68. The molecule has 2 aromatic carbocycles. The van der Waals surface area contributed by atoms with E-state index in [1.807, 2.05) is 19.1 Å². The van der Waals surface area contributed by atoms with Crippen molar-refractivity contribution >= 4 is 11.6 Å². The molecule has 1 unspecified atom stereocenters. The second kappa shape index (κ2) is 8.39. The Bertz CT molecular complexity index is 760. The summed E-state index contributed by atoms with van der Waals surface area (Å²) in [5.74, 6) is 0.776. The molecule has 1 atom stereocenters. The number of anilines is 1. The van der Waals surface area contributed by atoms with Crippen molar-refractivity contribution in [3.05, 3.63) is 58.7 Å². The first-order valence-corrected chi connectivity index (χ1v) is 9.83. The molecule has 0 aliphatic heterocycles. The van der Waals surface area contributed by atoms with E-state index in [0.717, 1.165) is 37.1 Å². The molecular formula is C23H29NO2. The minimum atomic E-state index is -0.530. The van der Waals surface area contributed by atoms with Gasteiger partial charge in [0, 0.05) is 5.69 Å². The summed E-state index contributed by atoms with van der Waals surface area (Å²) in [5.41, 5.74) is 5.93. The van der Waals surface area contributed by atoms with Gasteiger partial charge in [0.2, 0.25) is 0 Å². The number of nitrogens with one attached hydrogen (secondary N) is 1. The molecule has 0 saturated heterocycles. The molecule has 0 heterocycles. The molecule has 0 fully saturated rings. The smallest absolute Gasteiger partial charge is 0.265 e. The van der Waals surface area contributed by atoms with Gasteiger partial charge in [0.15, 0.2) is 6.10 Å². The minimum Gasteiger partial charge on any atom is -0.481 e. The Morgan fingerprint density at radius 2 is 1.69 bits per heavy atom. The number of benzene rings is 2. The van der Waals surface area contributed by atoms with Gasteiger partial charge in [-0.05, 0) is 73.8 Å². The normalized spacial score (nSPS) is 14.4. The van der Waals surface area contributed by atoms with Gasteiger partial charge in [-0.25, -0.2) is 0 Å². The van der Waals surface area contributed by atoms with E-state index in [1.165, 1.54) is 35.1 Å². The molecule has 0 bridgehead atoms. The quantitative estimate of drug-likeness (QED) is 0.786. The van der Waals surface area contributed by atoms with Crippen LogP contribution in [0.4, 0.5) is 5.69 Å². The maximum atomic E-state index is 12.8. The van der Waals surface area contributed by atoms with Gasteiger partial charge in [0.25, 0.3) is 5.91 Å². The highest BCUT2D eigenvalue weighted by molar-refractivity contribution is 5.95. The number of rotatable bonds is 6. The van der Waals surface area contributed by atoms with Gasteiger partial charge in [0.1, 0.15) is 5.75 Å². The van der Waals surface area contributed by atoms with E-state index in [2.05, 4.69) is 43.4 Å². The third-order valence-electron chi connectivity index (χ3n) is 5.27. The molecular weight excluding hydrogens is 322 g/mol. The van der Waals surface area contributed by atoms with Gasteiger partial charge in [-0.15, -0.1) is 0 Å². The first-order chi connectivity index (χ1) is 12.6. The van der Waals surface area contributed by atoms with E-state index < -0.39 is 6.10 Å². The van der Waals surface area contributed by atoms with Crippen LogP contribution in [-0.2, 0) is 30.5 Å². The molecule has 1 amide bonds. The SMILES string of the molecule is CCc1cccc(CC)c1NC(=O)C(C)Oc1cccc2c1CCCC2. The van der Waals surface area contributed by atoms with E-state index in [1.54, 1.807) is 0 Å². The largest absolute Gasteiger partial charge is 0.481 e. The molecule has 26 heavy (non-hydrogen) atoms. The van der Waals surface area contributed by atoms with Gasteiger partial charge in [-0.2, -0.15) is 0 Å². The van der Waals surface area contributed by atoms with Crippen LogP contribution in [0.1, 0.15) is 55.9 Å². The molecule has 0 radical (unpaired) electrons. The van der Waals surface area contributed by atoms with Crippen molar-refractivity contribution in [3.8, 4) is 5.75 Å². The number of hydrogen-bond acceptors (Lipinski definition) is 2. The lowest BCUT2D eigenvalue weighted by Crippen LogP contribution is -2.31. The van der Waals surface area contributed by atoms with Gasteiger partial charge >= 0.3 is 0 Å². The van der Waals surface area contributed by atoms with Crippen LogP contribution in [-0.4, -0.2) is 12.0 Å². The average molecular weight is 351 g/mol. The van der Waals surface area contributed by atoms with E-state index in [-0.39, 0.29) is 5.91 Å². The van der Waals surface area contributed by atoms with Gasteiger partial charge in [-0.1, -0.05) is 44.2 Å². The molecule has 3 nitrogen and oxygen atoms in total. The Kier molecular flexibility index (Phi) is 5.97. The lowest BCUT2D eigenvalue weighted by Gasteiger charge is -2.22. The highest BCUT2D eigenvalue weighted by Crippen LogP contribution is 2.30. The summed E-state index contributed by atoms with van der Waals surface area (Å²) in [6.07, 6.45) is 5.83. The molecule has 1 aliphatic carbocycles. The summed E-state index contributed by atoms with van der Waals surface area (Å²) in [5, 5.41) is 3.12. The molecule has 1 aliphatic rings. The van der Waals surface area contributed by atoms with Crippen LogP contribution < -0.4 is 10.1 Å². The first-order valence-electron chi connectivity index (χ1n) is 9.83. The van der Waals surface area contributed by atoms with Crippen molar-refractivity contribution in [2.75, 3.05) is 5.32 Å². The van der Waals surface area contributed by atoms with Crippen LogP contribution in [0, 0.1) is 0 Å².